The maximum atomic E-state index is 12.5. The Morgan fingerprint density at radius 2 is 1.85 bits per heavy atom. The Morgan fingerprint density at radius 3 is 2.69 bits per heavy atom. The van der Waals surface area contributed by atoms with Crippen LogP contribution < -0.4 is 5.32 Å². The fourth-order valence-electron chi connectivity index (χ4n) is 5.67. The zero-order chi connectivity index (χ0) is 26.6. The van der Waals surface area contributed by atoms with E-state index in [4.69, 9.17) is 21.3 Å². The second-order valence-corrected chi connectivity index (χ2v) is 10.9. The molecule has 2 saturated heterocycles. The fraction of sp³-hybridized carbons (Fsp3) is 0.367. The molecule has 2 aliphatic rings. The van der Waals surface area contributed by atoms with E-state index in [0.29, 0.717) is 23.5 Å². The Labute approximate surface area is 233 Å². The highest BCUT2D eigenvalue weighted by molar-refractivity contribution is 6.33. The van der Waals surface area contributed by atoms with Crippen LogP contribution in [0.25, 0.3) is 22.2 Å². The number of likely N-dealkylation sites (tertiary alicyclic amines) is 2. The molecule has 39 heavy (non-hydrogen) atoms. The van der Waals surface area contributed by atoms with Crippen LogP contribution in [0.4, 0.5) is 10.7 Å². The summed E-state index contributed by atoms with van der Waals surface area (Å²) in [7, 11) is 0. The van der Waals surface area contributed by atoms with Crippen molar-refractivity contribution in [2.24, 2.45) is 5.92 Å². The van der Waals surface area contributed by atoms with Crippen molar-refractivity contribution in [3.8, 4) is 11.3 Å². The lowest BCUT2D eigenvalue weighted by Crippen LogP contribution is -2.41. The van der Waals surface area contributed by atoms with Crippen molar-refractivity contribution in [1.82, 2.24) is 24.8 Å². The number of anilines is 1. The molecule has 2 N–H and O–H groups in total. The number of halogens is 1. The van der Waals surface area contributed by atoms with Crippen molar-refractivity contribution in [3.63, 3.8) is 0 Å². The van der Waals surface area contributed by atoms with Crippen LogP contribution in [0.5, 0.6) is 0 Å². The van der Waals surface area contributed by atoms with Gasteiger partial charge in [0.15, 0.2) is 0 Å². The molecule has 6 rings (SSSR count). The van der Waals surface area contributed by atoms with Crippen molar-refractivity contribution in [2.75, 3.05) is 38.0 Å². The molecule has 202 valence electrons. The lowest BCUT2D eigenvalue weighted by atomic mass is 9.96. The molecule has 2 aromatic heterocycles. The average molecular weight is 545 g/mol. The largest absolute Gasteiger partial charge is 0.445 e. The van der Waals surface area contributed by atoms with Gasteiger partial charge in [0.1, 0.15) is 6.61 Å². The van der Waals surface area contributed by atoms with Gasteiger partial charge in [0.25, 0.3) is 0 Å². The minimum absolute atomic E-state index is 0.210. The smallest absolute Gasteiger partial charge is 0.410 e. The van der Waals surface area contributed by atoms with E-state index in [9.17, 15) is 4.79 Å². The number of nitrogens with zero attached hydrogens (tertiary/aromatic N) is 4. The summed E-state index contributed by atoms with van der Waals surface area (Å²) in [6, 6.07) is 18.2. The van der Waals surface area contributed by atoms with Gasteiger partial charge < -0.3 is 24.8 Å². The first-order valence-corrected chi connectivity index (χ1v) is 14.0. The van der Waals surface area contributed by atoms with Crippen LogP contribution in [-0.4, -0.2) is 69.6 Å². The first-order chi connectivity index (χ1) is 19.1. The molecule has 9 heteroatoms. The Kier molecular flexibility index (Phi) is 7.65. The number of rotatable bonds is 7. The van der Waals surface area contributed by atoms with Gasteiger partial charge in [0.05, 0.1) is 16.9 Å². The summed E-state index contributed by atoms with van der Waals surface area (Å²) in [6.45, 7) is 4.87. The molecule has 4 aromatic rings. The van der Waals surface area contributed by atoms with Crippen LogP contribution in [0, 0.1) is 5.92 Å². The van der Waals surface area contributed by atoms with Crippen LogP contribution in [0.15, 0.2) is 67.0 Å². The molecule has 0 saturated carbocycles. The van der Waals surface area contributed by atoms with E-state index in [-0.39, 0.29) is 12.1 Å². The van der Waals surface area contributed by atoms with Crippen LogP contribution in [0.1, 0.15) is 24.8 Å². The van der Waals surface area contributed by atoms with Gasteiger partial charge in [-0.25, -0.2) is 14.8 Å². The van der Waals surface area contributed by atoms with Crippen molar-refractivity contribution in [3.05, 3.63) is 77.6 Å². The number of para-hydroxylation sites is 1. The topological polar surface area (TPSA) is 86.4 Å². The van der Waals surface area contributed by atoms with Crippen molar-refractivity contribution >= 4 is 34.5 Å². The van der Waals surface area contributed by atoms with Crippen LogP contribution in [-0.2, 0) is 11.3 Å². The van der Waals surface area contributed by atoms with E-state index >= 15 is 0 Å². The highest BCUT2D eigenvalue weighted by Crippen LogP contribution is 2.32. The molecule has 4 heterocycles. The summed E-state index contributed by atoms with van der Waals surface area (Å²) in [5.74, 6) is 1.19. The van der Waals surface area contributed by atoms with Gasteiger partial charge in [-0.2, -0.15) is 0 Å². The van der Waals surface area contributed by atoms with Crippen molar-refractivity contribution in [1.29, 1.82) is 0 Å². The molecule has 0 aliphatic carbocycles. The third-order valence-corrected chi connectivity index (χ3v) is 8.06. The van der Waals surface area contributed by atoms with Gasteiger partial charge in [0, 0.05) is 61.4 Å². The van der Waals surface area contributed by atoms with Gasteiger partial charge in [-0.15, -0.1) is 0 Å². The average Bonchev–Trinajstić information content (AvgIpc) is 3.60. The van der Waals surface area contributed by atoms with Crippen molar-refractivity contribution in [2.45, 2.75) is 31.9 Å². The number of hydrogen-bond donors (Lipinski definition) is 2. The lowest BCUT2D eigenvalue weighted by Gasteiger charge is -2.33. The van der Waals surface area contributed by atoms with Crippen molar-refractivity contribution < 1.29 is 9.53 Å². The third kappa shape index (κ3) is 6.02. The molecule has 0 unspecified atom stereocenters. The van der Waals surface area contributed by atoms with Gasteiger partial charge in [-0.3, -0.25) is 0 Å². The van der Waals surface area contributed by atoms with Crippen LogP contribution in [0.3, 0.4) is 0 Å². The first-order valence-electron chi connectivity index (χ1n) is 13.7. The van der Waals surface area contributed by atoms with Gasteiger partial charge in [-0.1, -0.05) is 60.1 Å². The quantitative estimate of drug-likeness (QED) is 0.305. The SMILES string of the molecule is O=C(OCc1ccccc1)N1CCC(CN2CC[C@@H](Nc3ncc(Cl)c(-c4c[nH]c5ccccc45)n3)C2)CC1. The number of carbonyl (C=O) groups is 1. The molecule has 2 aromatic carbocycles. The molecule has 8 nitrogen and oxygen atoms in total. The maximum absolute atomic E-state index is 12.5. The second kappa shape index (κ2) is 11.6. The predicted molar refractivity (Wildman–Crippen MR) is 154 cm³/mol. The third-order valence-electron chi connectivity index (χ3n) is 7.79. The van der Waals surface area contributed by atoms with E-state index in [1.165, 1.54) is 0 Å². The minimum atomic E-state index is -0.210. The number of fused-ring (bicyclic) bond motifs is 1. The number of H-pyrrole nitrogens is 1. The molecule has 0 radical (unpaired) electrons. The number of ether oxygens (including phenoxy) is 1. The summed E-state index contributed by atoms with van der Waals surface area (Å²) in [5, 5.41) is 5.16. The Morgan fingerprint density at radius 1 is 1.05 bits per heavy atom. The number of nitrogens with one attached hydrogen (secondary N) is 2. The molecule has 2 fully saturated rings. The molecule has 0 bridgehead atoms. The van der Waals surface area contributed by atoms with E-state index in [1.54, 1.807) is 6.20 Å². The van der Waals surface area contributed by atoms with Gasteiger partial charge >= 0.3 is 6.09 Å². The van der Waals surface area contributed by atoms with Crippen LogP contribution >= 0.6 is 11.6 Å². The summed E-state index contributed by atoms with van der Waals surface area (Å²) in [6.07, 6.45) is 6.47. The Hall–Kier alpha value is -3.62. The van der Waals surface area contributed by atoms with E-state index in [1.807, 2.05) is 59.6 Å². The fourth-order valence-corrected chi connectivity index (χ4v) is 5.86. The maximum Gasteiger partial charge on any atom is 0.410 e. The molecule has 1 amide bonds. The highest BCUT2D eigenvalue weighted by Gasteiger charge is 2.29. The first kappa shape index (κ1) is 25.6. The number of carbonyl (C=O) groups excluding carboxylic acids is 1. The summed E-state index contributed by atoms with van der Waals surface area (Å²) < 4.78 is 5.51. The minimum Gasteiger partial charge on any atom is -0.445 e. The monoisotopic (exact) mass is 544 g/mol. The predicted octanol–water partition coefficient (Wildman–Crippen LogP) is 5.81. The molecular weight excluding hydrogens is 512 g/mol. The van der Waals surface area contributed by atoms with Gasteiger partial charge in [-0.05, 0) is 36.8 Å². The number of piperidine rings is 1. The number of hydrogen-bond acceptors (Lipinski definition) is 6. The number of aromatic amines is 1. The summed E-state index contributed by atoms with van der Waals surface area (Å²) in [5.41, 5.74) is 3.77. The highest BCUT2D eigenvalue weighted by atomic mass is 35.5. The van der Waals surface area contributed by atoms with E-state index in [0.717, 1.165) is 79.7 Å². The standard InChI is InChI=1S/C30H33ClN6O2/c31-26-17-33-29(35-28(26)25-16-32-27-9-5-4-8-24(25)27)34-23-12-13-36(19-23)18-21-10-14-37(15-11-21)30(38)39-20-22-6-2-1-3-7-22/h1-9,16-17,21,23,32H,10-15,18-20H2,(H,33,34,35)/t23-/m1/s1. The van der Waals surface area contributed by atoms with E-state index in [2.05, 4.69) is 26.3 Å². The number of benzene rings is 2. The Balaban J connectivity index is 0.982. The van der Waals surface area contributed by atoms with Gasteiger partial charge in [0.2, 0.25) is 5.95 Å². The summed E-state index contributed by atoms with van der Waals surface area (Å²) in [4.78, 5) is 29.4. The summed E-state index contributed by atoms with van der Waals surface area (Å²) >= 11 is 6.50. The van der Waals surface area contributed by atoms with Crippen LogP contribution in [0.2, 0.25) is 5.02 Å². The zero-order valence-corrected chi connectivity index (χ0v) is 22.6. The number of amides is 1. The zero-order valence-electron chi connectivity index (χ0n) is 21.9. The lowest BCUT2D eigenvalue weighted by molar-refractivity contribution is 0.0785. The molecule has 1 atom stereocenters. The molecular formula is C30H33ClN6O2. The number of aromatic nitrogens is 3. The molecule has 2 aliphatic heterocycles. The van der Waals surface area contributed by atoms with E-state index < -0.39 is 0 Å². The Bertz CT molecular complexity index is 1420. The second-order valence-electron chi connectivity index (χ2n) is 10.5. The molecule has 0 spiro atoms. The normalized spacial score (nSPS) is 18.5.